The Bertz CT molecular complexity index is 1250. The molecule has 0 aliphatic rings. The SMILES string of the molecule is CCOc1ccc(NC(=O)c2nc(-c3ccc(Cl)cc3)n(-c3cc(Cl)ccc3C)n2)cc1. The molecule has 0 spiro atoms. The van der Waals surface area contributed by atoms with Crippen LogP contribution in [0.25, 0.3) is 17.1 Å². The number of halogens is 2. The van der Waals surface area contributed by atoms with Crippen LogP contribution in [0.1, 0.15) is 23.1 Å². The highest BCUT2D eigenvalue weighted by Gasteiger charge is 2.20. The van der Waals surface area contributed by atoms with Gasteiger partial charge in [-0.1, -0.05) is 29.3 Å². The summed E-state index contributed by atoms with van der Waals surface area (Å²) in [5, 5.41) is 8.49. The van der Waals surface area contributed by atoms with E-state index < -0.39 is 5.91 Å². The monoisotopic (exact) mass is 466 g/mol. The van der Waals surface area contributed by atoms with Crippen LogP contribution < -0.4 is 10.1 Å². The fourth-order valence-electron chi connectivity index (χ4n) is 3.16. The Labute approximate surface area is 195 Å². The summed E-state index contributed by atoms with van der Waals surface area (Å²) in [6.45, 7) is 4.43. The van der Waals surface area contributed by atoms with E-state index in [9.17, 15) is 4.79 Å². The second-order valence-electron chi connectivity index (χ2n) is 7.02. The molecule has 1 N–H and O–H groups in total. The van der Waals surface area contributed by atoms with E-state index in [1.807, 2.05) is 32.0 Å². The number of nitrogens with zero attached hydrogens (tertiary/aromatic N) is 3. The van der Waals surface area contributed by atoms with Crippen molar-refractivity contribution >= 4 is 34.8 Å². The molecule has 162 valence electrons. The van der Waals surface area contributed by atoms with Crippen molar-refractivity contribution in [1.29, 1.82) is 0 Å². The summed E-state index contributed by atoms with van der Waals surface area (Å²) in [6, 6.07) is 19.8. The van der Waals surface area contributed by atoms with Crippen molar-refractivity contribution in [3.05, 3.63) is 88.2 Å². The predicted octanol–water partition coefficient (Wildman–Crippen LogP) is 6.20. The average molecular weight is 467 g/mol. The van der Waals surface area contributed by atoms with Crippen LogP contribution in [0.4, 0.5) is 5.69 Å². The van der Waals surface area contributed by atoms with Crippen LogP contribution in [0.15, 0.2) is 66.7 Å². The number of carbonyl (C=O) groups is 1. The normalized spacial score (nSPS) is 10.8. The van der Waals surface area contributed by atoms with Gasteiger partial charge in [-0.05, 0) is 80.1 Å². The van der Waals surface area contributed by atoms with Gasteiger partial charge in [-0.2, -0.15) is 0 Å². The number of aryl methyl sites for hydroxylation is 1. The summed E-state index contributed by atoms with van der Waals surface area (Å²) in [4.78, 5) is 17.5. The van der Waals surface area contributed by atoms with Crippen molar-refractivity contribution in [3.63, 3.8) is 0 Å². The standard InChI is InChI=1S/C24H20Cl2N4O2/c1-3-32-20-12-10-19(11-13-20)27-24(31)22-28-23(16-5-8-17(25)9-6-16)30(29-22)21-14-18(26)7-4-15(21)2/h4-14H,3H2,1-2H3,(H,27,31). The molecule has 3 aromatic carbocycles. The first-order chi connectivity index (χ1) is 15.4. The molecule has 0 aliphatic carbocycles. The van der Waals surface area contributed by atoms with Crippen LogP contribution in [0.5, 0.6) is 5.75 Å². The third-order valence-electron chi connectivity index (χ3n) is 4.74. The molecule has 6 nitrogen and oxygen atoms in total. The van der Waals surface area contributed by atoms with Gasteiger partial charge in [0.1, 0.15) is 5.75 Å². The van der Waals surface area contributed by atoms with E-state index in [0.717, 1.165) is 22.6 Å². The topological polar surface area (TPSA) is 69.0 Å². The van der Waals surface area contributed by atoms with Gasteiger partial charge in [0.25, 0.3) is 5.91 Å². The van der Waals surface area contributed by atoms with E-state index in [0.29, 0.717) is 28.2 Å². The summed E-state index contributed by atoms with van der Waals surface area (Å²) < 4.78 is 7.06. The molecule has 8 heteroatoms. The van der Waals surface area contributed by atoms with Gasteiger partial charge in [0.15, 0.2) is 5.82 Å². The van der Waals surface area contributed by atoms with Crippen LogP contribution in [-0.2, 0) is 0 Å². The van der Waals surface area contributed by atoms with Crippen molar-refractivity contribution in [2.45, 2.75) is 13.8 Å². The zero-order valence-corrected chi connectivity index (χ0v) is 19.0. The van der Waals surface area contributed by atoms with E-state index in [2.05, 4.69) is 15.4 Å². The molecule has 1 heterocycles. The number of hydrogen-bond donors (Lipinski definition) is 1. The van der Waals surface area contributed by atoms with Crippen molar-refractivity contribution < 1.29 is 9.53 Å². The molecule has 0 aliphatic heterocycles. The number of aromatic nitrogens is 3. The summed E-state index contributed by atoms with van der Waals surface area (Å²) in [7, 11) is 0. The highest BCUT2D eigenvalue weighted by Crippen LogP contribution is 2.27. The lowest BCUT2D eigenvalue weighted by atomic mass is 10.2. The minimum atomic E-state index is -0.428. The number of amides is 1. The van der Waals surface area contributed by atoms with Gasteiger partial charge in [-0.3, -0.25) is 4.79 Å². The van der Waals surface area contributed by atoms with Gasteiger partial charge in [0.2, 0.25) is 5.82 Å². The molecule has 0 radical (unpaired) electrons. The molecule has 0 fully saturated rings. The molecule has 1 aromatic heterocycles. The molecule has 0 saturated carbocycles. The van der Waals surface area contributed by atoms with Crippen LogP contribution in [0.2, 0.25) is 10.0 Å². The number of ether oxygens (including phenoxy) is 1. The first-order valence-corrected chi connectivity index (χ1v) is 10.7. The van der Waals surface area contributed by atoms with E-state index in [1.54, 1.807) is 53.2 Å². The molecule has 0 unspecified atom stereocenters. The lowest BCUT2D eigenvalue weighted by molar-refractivity contribution is 0.101. The van der Waals surface area contributed by atoms with E-state index in [1.165, 1.54) is 0 Å². The number of rotatable bonds is 6. The Morgan fingerprint density at radius 3 is 2.38 bits per heavy atom. The van der Waals surface area contributed by atoms with Crippen LogP contribution in [0.3, 0.4) is 0 Å². The summed E-state index contributed by atoms with van der Waals surface area (Å²) in [6.07, 6.45) is 0. The Morgan fingerprint density at radius 1 is 1.00 bits per heavy atom. The van der Waals surface area contributed by atoms with Gasteiger partial charge < -0.3 is 10.1 Å². The lowest BCUT2D eigenvalue weighted by Crippen LogP contribution is -2.14. The maximum Gasteiger partial charge on any atom is 0.295 e. The zero-order valence-electron chi connectivity index (χ0n) is 17.5. The fraction of sp³-hybridized carbons (Fsp3) is 0.125. The molecular weight excluding hydrogens is 447 g/mol. The number of anilines is 1. The summed E-state index contributed by atoms with van der Waals surface area (Å²) in [5.41, 5.74) is 3.05. The zero-order chi connectivity index (χ0) is 22.7. The van der Waals surface area contributed by atoms with E-state index in [4.69, 9.17) is 27.9 Å². The largest absolute Gasteiger partial charge is 0.494 e. The van der Waals surface area contributed by atoms with Crippen LogP contribution in [-0.4, -0.2) is 27.3 Å². The minimum Gasteiger partial charge on any atom is -0.494 e. The smallest absolute Gasteiger partial charge is 0.295 e. The number of nitrogens with one attached hydrogen (secondary N) is 1. The van der Waals surface area contributed by atoms with Gasteiger partial charge in [-0.15, -0.1) is 5.10 Å². The summed E-state index contributed by atoms with van der Waals surface area (Å²) >= 11 is 12.3. The van der Waals surface area contributed by atoms with Crippen molar-refractivity contribution in [1.82, 2.24) is 14.8 Å². The highest BCUT2D eigenvalue weighted by atomic mass is 35.5. The van der Waals surface area contributed by atoms with Crippen molar-refractivity contribution in [3.8, 4) is 22.8 Å². The maximum absolute atomic E-state index is 12.9. The molecule has 32 heavy (non-hydrogen) atoms. The van der Waals surface area contributed by atoms with E-state index in [-0.39, 0.29) is 5.82 Å². The summed E-state index contributed by atoms with van der Waals surface area (Å²) in [5.74, 6) is 0.837. The number of hydrogen-bond acceptors (Lipinski definition) is 4. The third kappa shape index (κ3) is 4.77. The molecule has 4 rings (SSSR count). The molecule has 0 atom stereocenters. The van der Waals surface area contributed by atoms with Crippen LogP contribution in [0, 0.1) is 6.92 Å². The van der Waals surface area contributed by atoms with Crippen molar-refractivity contribution in [2.24, 2.45) is 0 Å². The molecule has 0 saturated heterocycles. The third-order valence-corrected chi connectivity index (χ3v) is 5.22. The Balaban J connectivity index is 1.72. The highest BCUT2D eigenvalue weighted by molar-refractivity contribution is 6.31. The van der Waals surface area contributed by atoms with E-state index >= 15 is 0 Å². The Hall–Kier alpha value is -3.35. The first kappa shape index (κ1) is 21.9. The first-order valence-electron chi connectivity index (χ1n) is 9.98. The fourth-order valence-corrected chi connectivity index (χ4v) is 3.45. The average Bonchev–Trinajstić information content (AvgIpc) is 3.23. The van der Waals surface area contributed by atoms with Gasteiger partial charge in [-0.25, -0.2) is 9.67 Å². The Morgan fingerprint density at radius 2 is 1.69 bits per heavy atom. The molecule has 4 aromatic rings. The van der Waals surface area contributed by atoms with Gasteiger partial charge in [0.05, 0.1) is 12.3 Å². The number of carbonyl (C=O) groups excluding carboxylic acids is 1. The predicted molar refractivity (Wildman–Crippen MR) is 127 cm³/mol. The van der Waals surface area contributed by atoms with Gasteiger partial charge >= 0.3 is 0 Å². The minimum absolute atomic E-state index is 0.0308. The second kappa shape index (κ2) is 9.42. The Kier molecular flexibility index (Phi) is 6.44. The van der Waals surface area contributed by atoms with Crippen LogP contribution >= 0.6 is 23.2 Å². The molecule has 1 amide bonds. The lowest BCUT2D eigenvalue weighted by Gasteiger charge is -2.09. The quantitative estimate of drug-likeness (QED) is 0.367. The maximum atomic E-state index is 12.9. The molecular formula is C24H20Cl2N4O2. The molecule has 0 bridgehead atoms. The second-order valence-corrected chi connectivity index (χ2v) is 7.89. The number of benzene rings is 3. The van der Waals surface area contributed by atoms with Gasteiger partial charge in [0, 0.05) is 21.3 Å². The van der Waals surface area contributed by atoms with Crippen molar-refractivity contribution in [2.75, 3.05) is 11.9 Å².